The molecule has 1 heterocycles. The van der Waals surface area contributed by atoms with E-state index in [1.54, 1.807) is 0 Å². The number of aliphatic hydroxyl groups is 1. The lowest BCUT2D eigenvalue weighted by Gasteiger charge is -2.21. The standard InChI is InChI=1S/C12H12ClN3O5/c13-8-2-1-6(3-9(8)16(20)21)12(19)15-5-7(17)4-10(15)11(14)18/h1-3,7,10,17H,4-5H2,(H2,14,18). The first-order valence-electron chi connectivity index (χ1n) is 6.03. The van der Waals surface area contributed by atoms with Crippen LogP contribution in [-0.2, 0) is 4.79 Å². The zero-order chi connectivity index (χ0) is 15.7. The molecule has 0 spiro atoms. The Morgan fingerprint density at radius 3 is 2.71 bits per heavy atom. The van der Waals surface area contributed by atoms with Crippen LogP contribution in [0.4, 0.5) is 5.69 Å². The summed E-state index contributed by atoms with van der Waals surface area (Å²) in [6.45, 7) is -0.0527. The van der Waals surface area contributed by atoms with Gasteiger partial charge < -0.3 is 15.7 Å². The first-order chi connectivity index (χ1) is 9.81. The van der Waals surface area contributed by atoms with Crippen LogP contribution in [0.2, 0.25) is 5.02 Å². The van der Waals surface area contributed by atoms with Crippen molar-refractivity contribution in [2.75, 3.05) is 6.54 Å². The van der Waals surface area contributed by atoms with Gasteiger partial charge in [-0.15, -0.1) is 0 Å². The molecule has 1 aromatic rings. The second-order valence-electron chi connectivity index (χ2n) is 4.69. The smallest absolute Gasteiger partial charge is 0.288 e. The summed E-state index contributed by atoms with van der Waals surface area (Å²) in [5, 5.41) is 20.3. The van der Waals surface area contributed by atoms with Crippen molar-refractivity contribution < 1.29 is 19.6 Å². The third kappa shape index (κ3) is 2.96. The molecule has 0 bridgehead atoms. The van der Waals surface area contributed by atoms with Gasteiger partial charge in [-0.3, -0.25) is 19.7 Å². The number of nitro groups is 1. The maximum atomic E-state index is 12.3. The average Bonchev–Trinajstić information content (AvgIpc) is 2.80. The van der Waals surface area contributed by atoms with Crippen LogP contribution < -0.4 is 5.73 Å². The Kier molecular flexibility index (Phi) is 4.10. The van der Waals surface area contributed by atoms with Crippen molar-refractivity contribution >= 4 is 29.1 Å². The Labute approximate surface area is 124 Å². The summed E-state index contributed by atoms with van der Waals surface area (Å²) in [7, 11) is 0. The van der Waals surface area contributed by atoms with Gasteiger partial charge in [0.1, 0.15) is 11.1 Å². The topological polar surface area (TPSA) is 127 Å². The molecular weight excluding hydrogens is 302 g/mol. The van der Waals surface area contributed by atoms with Crippen molar-refractivity contribution in [3.05, 3.63) is 38.9 Å². The minimum atomic E-state index is -0.928. The predicted octanol–water partition coefficient (Wildman–Crippen LogP) is 0.309. The van der Waals surface area contributed by atoms with Crippen molar-refractivity contribution in [3.63, 3.8) is 0 Å². The van der Waals surface area contributed by atoms with E-state index in [0.29, 0.717) is 0 Å². The van der Waals surface area contributed by atoms with Gasteiger partial charge in [-0.1, -0.05) is 11.6 Å². The number of nitrogens with two attached hydrogens (primary N) is 1. The van der Waals surface area contributed by atoms with Crippen LogP contribution in [0, 0.1) is 10.1 Å². The molecule has 1 aliphatic heterocycles. The lowest BCUT2D eigenvalue weighted by Crippen LogP contribution is -2.43. The van der Waals surface area contributed by atoms with Crippen LogP contribution in [0.1, 0.15) is 16.8 Å². The Hall–Kier alpha value is -2.19. The molecule has 3 N–H and O–H groups in total. The predicted molar refractivity (Wildman–Crippen MR) is 72.7 cm³/mol. The van der Waals surface area contributed by atoms with E-state index in [0.717, 1.165) is 11.0 Å². The Morgan fingerprint density at radius 1 is 1.48 bits per heavy atom. The van der Waals surface area contributed by atoms with Gasteiger partial charge in [0.05, 0.1) is 11.0 Å². The second kappa shape index (κ2) is 5.66. The molecule has 112 valence electrons. The fourth-order valence-corrected chi connectivity index (χ4v) is 2.45. The van der Waals surface area contributed by atoms with Crippen LogP contribution >= 0.6 is 11.6 Å². The molecule has 0 aromatic heterocycles. The zero-order valence-electron chi connectivity index (χ0n) is 10.7. The number of nitrogens with zero attached hydrogens (tertiary/aromatic N) is 2. The highest BCUT2D eigenvalue weighted by atomic mass is 35.5. The molecular formula is C12H12ClN3O5. The number of β-amino-alcohol motifs (C(OH)–C–C–N with tert-alkyl or cyclic N) is 1. The van der Waals surface area contributed by atoms with Crippen LogP contribution in [0.5, 0.6) is 0 Å². The summed E-state index contributed by atoms with van der Waals surface area (Å²) in [6, 6.07) is 2.66. The number of benzene rings is 1. The first-order valence-corrected chi connectivity index (χ1v) is 6.41. The highest BCUT2D eigenvalue weighted by Gasteiger charge is 2.38. The molecule has 0 saturated carbocycles. The monoisotopic (exact) mass is 313 g/mol. The van der Waals surface area contributed by atoms with Crippen LogP contribution in [0.25, 0.3) is 0 Å². The molecule has 9 heteroatoms. The second-order valence-corrected chi connectivity index (χ2v) is 5.10. The summed E-state index contributed by atoms with van der Waals surface area (Å²) in [4.78, 5) is 34.9. The van der Waals surface area contributed by atoms with E-state index in [2.05, 4.69) is 0 Å². The number of nitro benzene ring substituents is 1. The summed E-state index contributed by atoms with van der Waals surface area (Å²) >= 11 is 5.68. The third-order valence-corrected chi connectivity index (χ3v) is 3.58. The quantitative estimate of drug-likeness (QED) is 0.613. The van der Waals surface area contributed by atoms with E-state index in [9.17, 15) is 24.8 Å². The molecule has 2 rings (SSSR count). The first kappa shape index (κ1) is 15.2. The number of carbonyl (C=O) groups excluding carboxylic acids is 2. The normalized spacial score (nSPS) is 21.3. The minimum absolute atomic E-state index is 0.00597. The van der Waals surface area contributed by atoms with Gasteiger partial charge in [0.15, 0.2) is 0 Å². The van der Waals surface area contributed by atoms with E-state index in [1.807, 2.05) is 0 Å². The molecule has 8 nitrogen and oxygen atoms in total. The van der Waals surface area contributed by atoms with Crippen LogP contribution in [0.15, 0.2) is 18.2 Å². The number of halogens is 1. The number of hydrogen-bond donors (Lipinski definition) is 2. The minimum Gasteiger partial charge on any atom is -0.391 e. The zero-order valence-corrected chi connectivity index (χ0v) is 11.5. The van der Waals surface area contributed by atoms with Crippen molar-refractivity contribution in [1.82, 2.24) is 4.90 Å². The van der Waals surface area contributed by atoms with Crippen molar-refractivity contribution in [2.24, 2.45) is 5.73 Å². The number of aliphatic hydroxyl groups excluding tert-OH is 1. The summed E-state index contributed by atoms with van der Waals surface area (Å²) in [5.74, 6) is -1.35. The van der Waals surface area contributed by atoms with Crippen molar-refractivity contribution in [1.29, 1.82) is 0 Å². The SMILES string of the molecule is NC(=O)C1CC(O)CN1C(=O)c1ccc(Cl)c([N+](=O)[O-])c1. The number of likely N-dealkylation sites (tertiary alicyclic amines) is 1. The molecule has 2 unspecified atom stereocenters. The molecule has 1 aliphatic rings. The van der Waals surface area contributed by atoms with E-state index in [1.165, 1.54) is 12.1 Å². The van der Waals surface area contributed by atoms with Crippen molar-refractivity contribution in [3.8, 4) is 0 Å². The lowest BCUT2D eigenvalue weighted by molar-refractivity contribution is -0.384. The van der Waals surface area contributed by atoms with Gasteiger partial charge in [0, 0.05) is 24.6 Å². The lowest BCUT2D eigenvalue weighted by atomic mass is 10.1. The number of carbonyl (C=O) groups is 2. The molecule has 0 radical (unpaired) electrons. The third-order valence-electron chi connectivity index (χ3n) is 3.26. The van der Waals surface area contributed by atoms with Gasteiger partial charge in [-0.25, -0.2) is 0 Å². The van der Waals surface area contributed by atoms with E-state index >= 15 is 0 Å². The fraction of sp³-hybridized carbons (Fsp3) is 0.333. The summed E-state index contributed by atoms with van der Waals surface area (Å²) in [5.41, 5.74) is 4.80. The van der Waals surface area contributed by atoms with Crippen LogP contribution in [-0.4, -0.2) is 45.4 Å². The highest BCUT2D eigenvalue weighted by molar-refractivity contribution is 6.32. The number of amides is 2. The Bertz CT molecular complexity index is 621. The van der Waals surface area contributed by atoms with E-state index < -0.39 is 34.6 Å². The summed E-state index contributed by atoms with van der Waals surface area (Å²) < 4.78 is 0. The largest absolute Gasteiger partial charge is 0.391 e. The molecule has 1 saturated heterocycles. The van der Waals surface area contributed by atoms with Gasteiger partial charge in [-0.05, 0) is 12.1 Å². The van der Waals surface area contributed by atoms with Gasteiger partial charge in [-0.2, -0.15) is 0 Å². The number of rotatable bonds is 3. The molecule has 1 fully saturated rings. The highest BCUT2D eigenvalue weighted by Crippen LogP contribution is 2.27. The molecule has 0 aliphatic carbocycles. The maximum Gasteiger partial charge on any atom is 0.288 e. The van der Waals surface area contributed by atoms with Gasteiger partial charge in [0.2, 0.25) is 5.91 Å². The number of primary amides is 1. The number of hydrogen-bond acceptors (Lipinski definition) is 5. The van der Waals surface area contributed by atoms with Gasteiger partial charge >= 0.3 is 0 Å². The Balaban J connectivity index is 2.33. The molecule has 2 atom stereocenters. The van der Waals surface area contributed by atoms with Gasteiger partial charge in [0.25, 0.3) is 11.6 Å². The van der Waals surface area contributed by atoms with Crippen molar-refractivity contribution in [2.45, 2.75) is 18.6 Å². The average molecular weight is 314 g/mol. The van der Waals surface area contributed by atoms with E-state index in [4.69, 9.17) is 17.3 Å². The maximum absolute atomic E-state index is 12.3. The molecule has 1 aromatic carbocycles. The van der Waals surface area contributed by atoms with Crippen LogP contribution in [0.3, 0.4) is 0 Å². The molecule has 2 amide bonds. The van der Waals surface area contributed by atoms with E-state index in [-0.39, 0.29) is 23.6 Å². The molecule has 21 heavy (non-hydrogen) atoms. The Morgan fingerprint density at radius 2 is 2.14 bits per heavy atom. The summed E-state index contributed by atoms with van der Waals surface area (Å²) in [6.07, 6.45) is -0.801. The fourth-order valence-electron chi connectivity index (χ4n) is 2.26.